The Labute approximate surface area is 340 Å². The quantitative estimate of drug-likeness (QED) is 0.0274. The molecular formula is C46H91N2O6P. The van der Waals surface area contributed by atoms with Gasteiger partial charge in [0.2, 0.25) is 5.91 Å². The lowest BCUT2D eigenvalue weighted by atomic mass is 10.0. The van der Waals surface area contributed by atoms with Crippen LogP contribution in [0.25, 0.3) is 0 Å². The molecule has 0 aromatic rings. The van der Waals surface area contributed by atoms with Gasteiger partial charge in [0.1, 0.15) is 0 Å². The number of aliphatic hydroxyl groups is 1. The van der Waals surface area contributed by atoms with Gasteiger partial charge in [-0.3, -0.25) is 13.8 Å². The van der Waals surface area contributed by atoms with E-state index in [0.29, 0.717) is 6.42 Å². The highest BCUT2D eigenvalue weighted by Crippen LogP contribution is 2.43. The van der Waals surface area contributed by atoms with Crippen LogP contribution in [0.5, 0.6) is 0 Å². The Morgan fingerprint density at radius 1 is 0.582 bits per heavy atom. The lowest BCUT2D eigenvalue weighted by molar-refractivity contribution is -0.123. The molecule has 0 bridgehead atoms. The molecule has 8 nitrogen and oxygen atoms in total. The van der Waals surface area contributed by atoms with Crippen molar-refractivity contribution in [1.82, 2.24) is 5.32 Å². The molecule has 9 heteroatoms. The van der Waals surface area contributed by atoms with Crippen LogP contribution in [0.1, 0.15) is 232 Å². The topological polar surface area (TPSA) is 131 Å². The van der Waals surface area contributed by atoms with Gasteiger partial charge in [-0.15, -0.1) is 0 Å². The minimum atomic E-state index is -4.34. The van der Waals surface area contributed by atoms with E-state index >= 15 is 0 Å². The largest absolute Gasteiger partial charge is 0.472 e. The third-order valence-electron chi connectivity index (χ3n) is 10.5. The van der Waals surface area contributed by atoms with Gasteiger partial charge in [0.25, 0.3) is 0 Å². The number of allylic oxidation sites excluding steroid dienone is 3. The van der Waals surface area contributed by atoms with Gasteiger partial charge in [-0.2, -0.15) is 0 Å². The smallest absolute Gasteiger partial charge is 0.387 e. The van der Waals surface area contributed by atoms with E-state index in [2.05, 4.69) is 31.3 Å². The zero-order chi connectivity index (χ0) is 40.3. The maximum Gasteiger partial charge on any atom is 0.472 e. The highest BCUT2D eigenvalue weighted by atomic mass is 31.2. The minimum absolute atomic E-state index is 0.0760. The maximum atomic E-state index is 12.8. The lowest BCUT2D eigenvalue weighted by Gasteiger charge is -2.23. The molecule has 0 spiro atoms. The number of rotatable bonds is 44. The normalized spacial score (nSPS) is 14.2. The second-order valence-electron chi connectivity index (χ2n) is 16.0. The Kier molecular flexibility index (Phi) is 41.8. The van der Waals surface area contributed by atoms with Gasteiger partial charge in [-0.1, -0.05) is 218 Å². The van der Waals surface area contributed by atoms with Crippen molar-refractivity contribution in [3.05, 3.63) is 24.3 Å². The number of carbonyl (C=O) groups excluding carboxylic acids is 1. The predicted molar refractivity (Wildman–Crippen MR) is 235 cm³/mol. The minimum Gasteiger partial charge on any atom is -0.387 e. The molecule has 55 heavy (non-hydrogen) atoms. The number of phosphoric acid groups is 1. The SMILES string of the molecule is CCCCCCCCCCCC/C=C/CC/C=C/C(O)C(COP(=O)(O)OCCN)NC(=O)CCCCCCCCCCCCCCCCCCCCCC. The first-order chi connectivity index (χ1) is 26.9. The van der Waals surface area contributed by atoms with E-state index < -0.39 is 20.0 Å². The summed E-state index contributed by atoms with van der Waals surface area (Å²) in [5.41, 5.74) is 5.38. The van der Waals surface area contributed by atoms with Gasteiger partial charge < -0.3 is 21.1 Å². The van der Waals surface area contributed by atoms with E-state index in [1.807, 2.05) is 6.08 Å². The standard InChI is InChI=1S/C46H91N2O6P/c1-3-5-7-9-11-13-15-17-19-21-22-23-24-26-28-30-32-34-36-38-40-46(50)48-44(43-54-55(51,52)53-42-41-47)45(49)39-37-35-33-31-29-27-25-20-18-16-14-12-10-8-6-4-2/h29,31,37,39,44-45,49H,3-28,30,32-36,38,40-43,47H2,1-2H3,(H,48,50)(H,51,52)/b31-29+,39-37+. The molecule has 0 rings (SSSR count). The van der Waals surface area contributed by atoms with Crippen LogP contribution in [0.3, 0.4) is 0 Å². The second-order valence-corrected chi connectivity index (χ2v) is 17.4. The fourth-order valence-corrected chi connectivity index (χ4v) is 7.73. The highest BCUT2D eigenvalue weighted by Gasteiger charge is 2.26. The van der Waals surface area contributed by atoms with Crippen LogP contribution in [0.4, 0.5) is 0 Å². The molecular weight excluding hydrogens is 707 g/mol. The summed E-state index contributed by atoms with van der Waals surface area (Å²) in [7, 11) is -4.34. The maximum absolute atomic E-state index is 12.8. The van der Waals surface area contributed by atoms with Crippen LogP contribution in [-0.2, 0) is 18.4 Å². The van der Waals surface area contributed by atoms with Crippen molar-refractivity contribution in [3.8, 4) is 0 Å². The molecule has 326 valence electrons. The van der Waals surface area contributed by atoms with Crippen LogP contribution >= 0.6 is 7.82 Å². The number of carbonyl (C=O) groups is 1. The summed E-state index contributed by atoms with van der Waals surface area (Å²) in [6, 6.07) is -0.873. The molecule has 0 aliphatic rings. The average molecular weight is 799 g/mol. The molecule has 0 saturated heterocycles. The number of unbranched alkanes of at least 4 members (excludes halogenated alkanes) is 30. The van der Waals surface area contributed by atoms with Crippen molar-refractivity contribution in [3.63, 3.8) is 0 Å². The number of aliphatic hydroxyl groups excluding tert-OH is 1. The Morgan fingerprint density at radius 2 is 0.964 bits per heavy atom. The molecule has 0 aromatic carbocycles. The van der Waals surface area contributed by atoms with Crippen molar-refractivity contribution >= 4 is 13.7 Å². The van der Waals surface area contributed by atoms with Crippen LogP contribution in [0.15, 0.2) is 24.3 Å². The summed E-state index contributed by atoms with van der Waals surface area (Å²) in [5.74, 6) is -0.200. The fourth-order valence-electron chi connectivity index (χ4n) is 6.97. The van der Waals surface area contributed by atoms with E-state index in [-0.39, 0.29) is 25.7 Å². The van der Waals surface area contributed by atoms with Crippen molar-refractivity contribution in [1.29, 1.82) is 0 Å². The zero-order valence-corrected chi connectivity index (χ0v) is 37.1. The third kappa shape index (κ3) is 41.0. The van der Waals surface area contributed by atoms with Crippen molar-refractivity contribution in [2.75, 3.05) is 19.8 Å². The van der Waals surface area contributed by atoms with E-state index in [1.54, 1.807) is 6.08 Å². The lowest BCUT2D eigenvalue weighted by Crippen LogP contribution is -2.45. The van der Waals surface area contributed by atoms with Crippen molar-refractivity contribution < 1.29 is 28.4 Å². The number of hydrogen-bond acceptors (Lipinski definition) is 6. The van der Waals surface area contributed by atoms with Gasteiger partial charge in [-0.25, -0.2) is 4.57 Å². The molecule has 0 aromatic heterocycles. The summed E-state index contributed by atoms with van der Waals surface area (Å²) >= 11 is 0. The Balaban J connectivity index is 4.16. The third-order valence-corrected chi connectivity index (χ3v) is 11.5. The molecule has 0 aliphatic carbocycles. The fraction of sp³-hybridized carbons (Fsp3) is 0.891. The predicted octanol–water partition coefficient (Wildman–Crippen LogP) is 13.3. The zero-order valence-electron chi connectivity index (χ0n) is 36.2. The molecule has 3 unspecified atom stereocenters. The number of nitrogens with one attached hydrogen (secondary N) is 1. The molecule has 0 saturated carbocycles. The van der Waals surface area contributed by atoms with Crippen LogP contribution in [-0.4, -0.2) is 47.8 Å². The van der Waals surface area contributed by atoms with Gasteiger partial charge >= 0.3 is 7.82 Å². The van der Waals surface area contributed by atoms with Crippen molar-refractivity contribution in [2.45, 2.75) is 244 Å². The second kappa shape index (κ2) is 42.6. The van der Waals surface area contributed by atoms with Gasteiger partial charge in [0, 0.05) is 13.0 Å². The first-order valence-corrected chi connectivity index (χ1v) is 25.0. The van der Waals surface area contributed by atoms with Gasteiger partial charge in [0.05, 0.1) is 25.4 Å². The Bertz CT molecular complexity index is 917. The summed E-state index contributed by atoms with van der Waals surface area (Å²) in [4.78, 5) is 22.7. The van der Waals surface area contributed by atoms with E-state index in [9.17, 15) is 19.4 Å². The number of nitrogens with two attached hydrogens (primary N) is 1. The summed E-state index contributed by atoms with van der Waals surface area (Å²) < 4.78 is 22.1. The number of amides is 1. The summed E-state index contributed by atoms with van der Waals surface area (Å²) in [6.45, 7) is 4.14. The number of hydrogen-bond donors (Lipinski definition) is 4. The molecule has 0 fully saturated rings. The van der Waals surface area contributed by atoms with E-state index in [4.69, 9.17) is 14.8 Å². The monoisotopic (exact) mass is 799 g/mol. The molecule has 1 amide bonds. The first-order valence-electron chi connectivity index (χ1n) is 23.5. The Morgan fingerprint density at radius 3 is 1.40 bits per heavy atom. The first kappa shape index (κ1) is 54.0. The van der Waals surface area contributed by atoms with Crippen LogP contribution in [0, 0.1) is 0 Å². The molecule has 0 aliphatic heterocycles. The van der Waals surface area contributed by atoms with Crippen LogP contribution < -0.4 is 11.1 Å². The Hall–Kier alpha value is -1.02. The summed E-state index contributed by atoms with van der Waals surface area (Å²) in [6.07, 6.45) is 49.5. The highest BCUT2D eigenvalue weighted by molar-refractivity contribution is 7.47. The molecule has 3 atom stereocenters. The number of phosphoric ester groups is 1. The van der Waals surface area contributed by atoms with E-state index in [1.165, 1.54) is 173 Å². The molecule has 5 N–H and O–H groups in total. The molecule has 0 radical (unpaired) electrons. The molecule has 0 heterocycles. The van der Waals surface area contributed by atoms with Crippen molar-refractivity contribution in [2.24, 2.45) is 5.73 Å². The summed E-state index contributed by atoms with van der Waals surface area (Å²) in [5, 5.41) is 13.7. The van der Waals surface area contributed by atoms with Gasteiger partial charge in [-0.05, 0) is 32.1 Å². The van der Waals surface area contributed by atoms with E-state index in [0.717, 1.165) is 38.5 Å². The van der Waals surface area contributed by atoms with Crippen LogP contribution in [0.2, 0.25) is 0 Å². The average Bonchev–Trinajstić information content (AvgIpc) is 3.17. The van der Waals surface area contributed by atoms with Gasteiger partial charge in [0.15, 0.2) is 0 Å².